The second-order valence-corrected chi connectivity index (χ2v) is 8.45. The number of carbonyl (C=O) groups is 1. The zero-order chi connectivity index (χ0) is 22.3. The van der Waals surface area contributed by atoms with Gasteiger partial charge in [0, 0.05) is 30.4 Å². The van der Waals surface area contributed by atoms with Crippen molar-refractivity contribution in [1.82, 2.24) is 14.5 Å². The molecule has 31 heavy (non-hydrogen) atoms. The van der Waals surface area contributed by atoms with E-state index in [1.165, 1.54) is 6.07 Å². The van der Waals surface area contributed by atoms with Gasteiger partial charge in [0.15, 0.2) is 11.6 Å². The number of hydrogen-bond acceptors (Lipinski definition) is 4. The number of nitrogens with one attached hydrogen (secondary N) is 1. The molecular weight excluding hydrogens is 400 g/mol. The topological polar surface area (TPSA) is 76.2 Å². The van der Waals surface area contributed by atoms with Crippen LogP contribution in [0.25, 0.3) is 11.3 Å². The van der Waals surface area contributed by atoms with Crippen LogP contribution in [-0.4, -0.2) is 32.4 Å². The molecule has 0 unspecified atom stereocenters. The van der Waals surface area contributed by atoms with E-state index in [0.717, 1.165) is 23.3 Å². The van der Waals surface area contributed by atoms with Gasteiger partial charge >= 0.3 is 0 Å². The Morgan fingerprint density at radius 1 is 1.10 bits per heavy atom. The monoisotopic (exact) mass is 425 g/mol. The smallest absolute Gasteiger partial charge is 0.242 e. The molecule has 0 saturated heterocycles. The fraction of sp³-hybridized carbons (Fsp3) is 0.304. The van der Waals surface area contributed by atoms with E-state index in [1.807, 2.05) is 35.8 Å². The maximum atomic E-state index is 13.8. The summed E-state index contributed by atoms with van der Waals surface area (Å²) in [6, 6.07) is 11.6. The van der Waals surface area contributed by atoms with Gasteiger partial charge in [-0.15, -0.1) is 0 Å². The molecule has 6 nitrogen and oxygen atoms in total. The second kappa shape index (κ2) is 7.77. The normalized spacial score (nSPS) is 13.8. The molecule has 0 spiro atoms. The van der Waals surface area contributed by atoms with E-state index in [9.17, 15) is 13.6 Å². The number of rotatable bonds is 4. The van der Waals surface area contributed by atoms with Crippen molar-refractivity contribution in [3.8, 4) is 11.3 Å². The van der Waals surface area contributed by atoms with Crippen LogP contribution >= 0.6 is 0 Å². The van der Waals surface area contributed by atoms with Crippen molar-refractivity contribution >= 4 is 17.4 Å². The van der Waals surface area contributed by atoms with E-state index in [2.05, 4.69) is 5.32 Å². The highest BCUT2D eigenvalue weighted by Gasteiger charge is 2.32. The van der Waals surface area contributed by atoms with Crippen LogP contribution in [-0.2, 0) is 17.9 Å². The molecule has 1 aromatic heterocycles. The number of nitrogens with zero attached hydrogens (tertiary/aromatic N) is 3. The molecule has 0 saturated carbocycles. The van der Waals surface area contributed by atoms with Gasteiger partial charge in [-0.3, -0.25) is 4.79 Å². The minimum Gasteiger partial charge on any atom is -0.340 e. The molecule has 3 aromatic rings. The third-order valence-electron chi connectivity index (χ3n) is 5.32. The standard InChI is InChI=1S/C23H25F2N5O/c1-14-4-6-15(7-5-14)20-21(27-16-8-9-17(24)18(25)12-16)30-11-10-29(13-19(30)28-20)22(31)23(2,3)26/h4-9,12,27H,10-11,13,26H2,1-3H3. The molecule has 8 heteroatoms. The first-order valence-electron chi connectivity index (χ1n) is 10.1. The minimum atomic E-state index is -0.971. The molecule has 0 bridgehead atoms. The number of anilines is 2. The molecule has 2 aromatic carbocycles. The second-order valence-electron chi connectivity index (χ2n) is 8.45. The summed E-state index contributed by atoms with van der Waals surface area (Å²) in [5.74, 6) is -0.609. The zero-order valence-electron chi connectivity index (χ0n) is 17.7. The molecule has 1 aliphatic rings. The maximum Gasteiger partial charge on any atom is 0.242 e. The first kappa shape index (κ1) is 21.0. The molecule has 1 amide bonds. The highest BCUT2D eigenvalue weighted by atomic mass is 19.2. The molecule has 1 aliphatic heterocycles. The average Bonchev–Trinajstić information content (AvgIpc) is 3.07. The highest BCUT2D eigenvalue weighted by Crippen LogP contribution is 2.34. The van der Waals surface area contributed by atoms with Gasteiger partial charge in [-0.2, -0.15) is 0 Å². The van der Waals surface area contributed by atoms with Gasteiger partial charge in [0.25, 0.3) is 0 Å². The van der Waals surface area contributed by atoms with Gasteiger partial charge in [-0.1, -0.05) is 29.8 Å². The summed E-state index contributed by atoms with van der Waals surface area (Å²) in [6.45, 7) is 6.66. The van der Waals surface area contributed by atoms with Crippen molar-refractivity contribution in [2.45, 2.75) is 39.4 Å². The minimum absolute atomic E-state index is 0.145. The van der Waals surface area contributed by atoms with E-state index in [1.54, 1.807) is 18.7 Å². The van der Waals surface area contributed by atoms with Crippen LogP contribution in [0.1, 0.15) is 25.2 Å². The molecule has 162 valence electrons. The number of aryl methyl sites for hydroxylation is 1. The van der Waals surface area contributed by atoms with E-state index in [4.69, 9.17) is 10.7 Å². The molecule has 3 N–H and O–H groups in total. The first-order valence-corrected chi connectivity index (χ1v) is 10.1. The van der Waals surface area contributed by atoms with Crippen LogP contribution in [0.2, 0.25) is 0 Å². The van der Waals surface area contributed by atoms with Gasteiger partial charge in [0.1, 0.15) is 17.3 Å². The summed E-state index contributed by atoms with van der Waals surface area (Å²) in [4.78, 5) is 19.2. The molecular formula is C23H25F2N5O. The van der Waals surface area contributed by atoms with E-state index >= 15 is 0 Å². The van der Waals surface area contributed by atoms with Crippen LogP contribution in [0, 0.1) is 18.6 Å². The third kappa shape index (κ3) is 4.16. The summed E-state index contributed by atoms with van der Waals surface area (Å²) < 4.78 is 29.1. The molecule has 0 radical (unpaired) electrons. The van der Waals surface area contributed by atoms with E-state index in [-0.39, 0.29) is 5.91 Å². The molecule has 2 heterocycles. The summed E-state index contributed by atoms with van der Waals surface area (Å²) in [5.41, 5.74) is 8.13. The predicted octanol–water partition coefficient (Wildman–Crippen LogP) is 3.96. The molecule has 0 aliphatic carbocycles. The van der Waals surface area contributed by atoms with Gasteiger partial charge in [0.05, 0.1) is 12.1 Å². The van der Waals surface area contributed by atoms with Gasteiger partial charge in [-0.05, 0) is 32.9 Å². The van der Waals surface area contributed by atoms with Crippen molar-refractivity contribution < 1.29 is 13.6 Å². The van der Waals surface area contributed by atoms with Crippen LogP contribution in [0.15, 0.2) is 42.5 Å². The lowest BCUT2D eigenvalue weighted by molar-refractivity contribution is -0.137. The fourth-order valence-corrected chi connectivity index (χ4v) is 3.66. The molecule has 0 fully saturated rings. The van der Waals surface area contributed by atoms with Gasteiger partial charge < -0.3 is 20.5 Å². The number of aromatic nitrogens is 2. The number of hydrogen-bond donors (Lipinski definition) is 2. The largest absolute Gasteiger partial charge is 0.340 e. The number of amides is 1. The predicted molar refractivity (Wildman–Crippen MR) is 116 cm³/mol. The number of imidazole rings is 1. The van der Waals surface area contributed by atoms with Gasteiger partial charge in [0.2, 0.25) is 5.91 Å². The van der Waals surface area contributed by atoms with E-state index < -0.39 is 17.2 Å². The average molecular weight is 425 g/mol. The Bertz CT molecular complexity index is 1130. The Morgan fingerprint density at radius 2 is 1.81 bits per heavy atom. The number of benzene rings is 2. The quantitative estimate of drug-likeness (QED) is 0.664. The maximum absolute atomic E-state index is 13.8. The van der Waals surface area contributed by atoms with Crippen molar-refractivity contribution in [3.05, 3.63) is 65.5 Å². The van der Waals surface area contributed by atoms with Gasteiger partial charge in [-0.25, -0.2) is 13.8 Å². The summed E-state index contributed by atoms with van der Waals surface area (Å²) >= 11 is 0. The molecule has 4 rings (SSSR count). The van der Waals surface area contributed by atoms with Crippen LogP contribution in [0.4, 0.5) is 20.3 Å². The Balaban J connectivity index is 1.76. The van der Waals surface area contributed by atoms with Crippen molar-refractivity contribution in [1.29, 1.82) is 0 Å². The fourth-order valence-electron chi connectivity index (χ4n) is 3.66. The Kier molecular flexibility index (Phi) is 5.26. The van der Waals surface area contributed by atoms with Crippen molar-refractivity contribution in [3.63, 3.8) is 0 Å². The summed E-state index contributed by atoms with van der Waals surface area (Å²) in [6.07, 6.45) is 0. The number of fused-ring (bicyclic) bond motifs is 1. The Hall–Kier alpha value is -3.26. The van der Waals surface area contributed by atoms with Crippen LogP contribution in [0.5, 0.6) is 0 Å². The van der Waals surface area contributed by atoms with Crippen molar-refractivity contribution in [2.24, 2.45) is 5.73 Å². The zero-order valence-corrected chi connectivity index (χ0v) is 17.7. The summed E-state index contributed by atoms with van der Waals surface area (Å²) in [7, 11) is 0. The lowest BCUT2D eigenvalue weighted by Gasteiger charge is -2.33. The SMILES string of the molecule is Cc1ccc(-c2nc3n(c2Nc2ccc(F)c(F)c2)CCN(C(=O)C(C)(C)N)C3)cc1. The van der Waals surface area contributed by atoms with E-state index in [0.29, 0.717) is 42.7 Å². The third-order valence-corrected chi connectivity index (χ3v) is 5.32. The number of nitrogens with two attached hydrogens (primary N) is 1. The highest BCUT2D eigenvalue weighted by molar-refractivity contribution is 5.85. The lowest BCUT2D eigenvalue weighted by atomic mass is 10.1. The molecule has 0 atom stereocenters. The van der Waals surface area contributed by atoms with Crippen LogP contribution in [0.3, 0.4) is 0 Å². The number of halogens is 2. The van der Waals surface area contributed by atoms with Crippen molar-refractivity contribution in [2.75, 3.05) is 11.9 Å². The first-order chi connectivity index (χ1) is 14.6. The number of carbonyl (C=O) groups excluding carboxylic acids is 1. The lowest BCUT2D eigenvalue weighted by Crippen LogP contribution is -2.52. The Labute approximate surface area is 179 Å². The van der Waals surface area contributed by atoms with Crippen LogP contribution < -0.4 is 11.1 Å². The Morgan fingerprint density at radius 3 is 2.45 bits per heavy atom. The summed E-state index contributed by atoms with van der Waals surface area (Å²) in [5, 5.41) is 3.20.